The highest BCUT2D eigenvalue weighted by molar-refractivity contribution is 5.76. The molecule has 4 nitrogen and oxygen atoms in total. The van der Waals surface area contributed by atoms with E-state index in [1.165, 1.54) is 17.0 Å². The number of amides is 1. The summed E-state index contributed by atoms with van der Waals surface area (Å²) in [6.45, 7) is 5.29. The molecule has 3 rings (SSSR count). The molecule has 0 N–H and O–H groups in total. The first-order valence-corrected chi connectivity index (χ1v) is 9.28. The van der Waals surface area contributed by atoms with E-state index in [0.717, 1.165) is 34.7 Å². The number of hydrogen-bond donors (Lipinski definition) is 0. The molecule has 2 aromatic rings. The van der Waals surface area contributed by atoms with Crippen molar-refractivity contribution in [3.8, 4) is 0 Å². The Kier molecular flexibility index (Phi) is 5.50. The number of aromatic nitrogens is 2. The van der Waals surface area contributed by atoms with Gasteiger partial charge in [-0.2, -0.15) is 18.3 Å². The van der Waals surface area contributed by atoms with E-state index in [-0.39, 0.29) is 12.5 Å². The van der Waals surface area contributed by atoms with Crippen LogP contribution in [0.1, 0.15) is 53.8 Å². The molecule has 1 aromatic heterocycles. The van der Waals surface area contributed by atoms with Gasteiger partial charge in [0.05, 0.1) is 5.69 Å². The number of halogens is 4. The molecule has 1 aliphatic rings. The van der Waals surface area contributed by atoms with Crippen LogP contribution >= 0.6 is 0 Å². The molecule has 1 fully saturated rings. The number of likely N-dealkylation sites (N-methyl/N-ethyl adjacent to an activating group) is 1. The molecule has 0 spiro atoms. The zero-order valence-electron chi connectivity index (χ0n) is 16.1. The average molecular weight is 397 g/mol. The third kappa shape index (κ3) is 4.36. The van der Waals surface area contributed by atoms with Crippen molar-refractivity contribution in [2.45, 2.75) is 58.8 Å². The van der Waals surface area contributed by atoms with Gasteiger partial charge in [-0.1, -0.05) is 0 Å². The Hall–Kier alpha value is -2.38. The maximum absolute atomic E-state index is 13.7. The van der Waals surface area contributed by atoms with Crippen molar-refractivity contribution in [1.29, 1.82) is 0 Å². The van der Waals surface area contributed by atoms with Crippen LogP contribution in [-0.4, -0.2) is 27.1 Å². The number of nitrogens with zero attached hydrogens (tertiary/aromatic N) is 3. The van der Waals surface area contributed by atoms with Crippen LogP contribution in [-0.2, 0) is 24.1 Å². The van der Waals surface area contributed by atoms with Crippen LogP contribution in [0.3, 0.4) is 0 Å². The van der Waals surface area contributed by atoms with Gasteiger partial charge in [0.2, 0.25) is 5.91 Å². The van der Waals surface area contributed by atoms with Gasteiger partial charge in [0.1, 0.15) is 18.1 Å². The predicted octanol–water partition coefficient (Wildman–Crippen LogP) is 4.58. The molecule has 1 saturated carbocycles. The zero-order chi connectivity index (χ0) is 20.6. The molecule has 0 aliphatic heterocycles. The normalized spacial score (nSPS) is 14.4. The molecule has 8 heteroatoms. The minimum atomic E-state index is -4.58. The molecule has 0 unspecified atom stereocenters. The average Bonchev–Trinajstić information content (AvgIpc) is 3.36. The van der Waals surface area contributed by atoms with Gasteiger partial charge in [-0.3, -0.25) is 9.48 Å². The van der Waals surface area contributed by atoms with Crippen LogP contribution in [0.4, 0.5) is 17.6 Å². The lowest BCUT2D eigenvalue weighted by molar-refractivity contribution is -0.145. The maximum atomic E-state index is 13.7. The van der Waals surface area contributed by atoms with E-state index in [2.05, 4.69) is 5.10 Å². The second-order valence-electron chi connectivity index (χ2n) is 7.30. The van der Waals surface area contributed by atoms with Crippen molar-refractivity contribution >= 4 is 5.91 Å². The molecule has 1 heterocycles. The molecule has 1 aromatic carbocycles. The van der Waals surface area contributed by atoms with Gasteiger partial charge in [-0.25, -0.2) is 4.39 Å². The number of hydrogen-bond acceptors (Lipinski definition) is 2. The molecule has 152 valence electrons. The lowest BCUT2D eigenvalue weighted by atomic mass is 10.0. The lowest BCUT2D eigenvalue weighted by Gasteiger charge is -2.23. The quantitative estimate of drug-likeness (QED) is 0.669. The predicted molar refractivity (Wildman–Crippen MR) is 96.2 cm³/mol. The van der Waals surface area contributed by atoms with Crippen LogP contribution in [0.2, 0.25) is 0 Å². The Balaban J connectivity index is 1.81. The van der Waals surface area contributed by atoms with E-state index in [1.807, 2.05) is 6.92 Å². The fourth-order valence-corrected chi connectivity index (χ4v) is 3.22. The minimum Gasteiger partial charge on any atom is -0.337 e. The Morgan fingerprint density at radius 1 is 1.25 bits per heavy atom. The van der Waals surface area contributed by atoms with Crippen LogP contribution < -0.4 is 0 Å². The molecular formula is C20H23F4N3O. The number of rotatable bonds is 6. The van der Waals surface area contributed by atoms with Crippen molar-refractivity contribution < 1.29 is 22.4 Å². The number of alkyl halides is 3. The van der Waals surface area contributed by atoms with Crippen molar-refractivity contribution in [1.82, 2.24) is 14.7 Å². The van der Waals surface area contributed by atoms with Gasteiger partial charge in [0.25, 0.3) is 0 Å². The van der Waals surface area contributed by atoms with Gasteiger partial charge in [-0.15, -0.1) is 0 Å². The van der Waals surface area contributed by atoms with Crippen molar-refractivity contribution in [2.24, 2.45) is 0 Å². The Bertz CT molecular complexity index is 884. The monoisotopic (exact) mass is 397 g/mol. The van der Waals surface area contributed by atoms with Crippen LogP contribution in [0.25, 0.3) is 0 Å². The highest BCUT2D eigenvalue weighted by atomic mass is 19.4. The Labute approximate surface area is 161 Å². The molecule has 1 amide bonds. The fourth-order valence-electron chi connectivity index (χ4n) is 3.22. The summed E-state index contributed by atoms with van der Waals surface area (Å²) in [4.78, 5) is 14.1. The second-order valence-corrected chi connectivity index (χ2v) is 7.30. The zero-order valence-corrected chi connectivity index (χ0v) is 16.1. The van der Waals surface area contributed by atoms with E-state index in [4.69, 9.17) is 0 Å². The Morgan fingerprint density at radius 3 is 2.50 bits per heavy atom. The van der Waals surface area contributed by atoms with Crippen LogP contribution in [0.15, 0.2) is 18.2 Å². The fraction of sp³-hybridized carbons (Fsp3) is 0.500. The highest BCUT2D eigenvalue weighted by Crippen LogP contribution is 2.41. The lowest BCUT2D eigenvalue weighted by Crippen LogP contribution is -2.34. The molecule has 0 radical (unpaired) electrons. The third-order valence-electron chi connectivity index (χ3n) is 5.21. The van der Waals surface area contributed by atoms with Crippen LogP contribution in [0, 0.1) is 19.7 Å². The molecule has 0 atom stereocenters. The number of benzene rings is 1. The van der Waals surface area contributed by atoms with E-state index in [0.29, 0.717) is 17.8 Å². The SMILES string of the molecule is CCN(Cc1cc(F)cc(C)c1C)C(=O)Cn1nc(C2CC2)cc1C(F)(F)F. The van der Waals surface area contributed by atoms with Gasteiger partial charge in [0.15, 0.2) is 0 Å². The number of aryl methyl sites for hydroxylation is 1. The molecular weight excluding hydrogens is 374 g/mol. The van der Waals surface area contributed by atoms with Crippen molar-refractivity contribution in [2.75, 3.05) is 6.54 Å². The minimum absolute atomic E-state index is 0.0534. The number of carbonyl (C=O) groups is 1. The third-order valence-corrected chi connectivity index (χ3v) is 5.21. The molecule has 0 bridgehead atoms. The molecule has 1 aliphatic carbocycles. The first-order valence-electron chi connectivity index (χ1n) is 9.28. The van der Waals surface area contributed by atoms with Gasteiger partial charge < -0.3 is 4.90 Å². The first-order chi connectivity index (χ1) is 13.1. The smallest absolute Gasteiger partial charge is 0.337 e. The summed E-state index contributed by atoms with van der Waals surface area (Å²) >= 11 is 0. The van der Waals surface area contributed by atoms with E-state index >= 15 is 0 Å². The highest BCUT2D eigenvalue weighted by Gasteiger charge is 2.38. The topological polar surface area (TPSA) is 38.1 Å². The van der Waals surface area contributed by atoms with Crippen molar-refractivity contribution in [3.05, 3.63) is 52.1 Å². The Morgan fingerprint density at radius 2 is 1.93 bits per heavy atom. The summed E-state index contributed by atoms with van der Waals surface area (Å²) in [5.41, 5.74) is 1.75. The summed E-state index contributed by atoms with van der Waals surface area (Å²) in [5, 5.41) is 4.04. The number of carbonyl (C=O) groups excluding carboxylic acids is 1. The molecule has 0 saturated heterocycles. The maximum Gasteiger partial charge on any atom is 0.433 e. The van der Waals surface area contributed by atoms with Crippen LogP contribution in [0.5, 0.6) is 0 Å². The van der Waals surface area contributed by atoms with Gasteiger partial charge in [0, 0.05) is 19.0 Å². The summed E-state index contributed by atoms with van der Waals surface area (Å²) in [5.74, 6) is -0.834. The largest absolute Gasteiger partial charge is 0.433 e. The standard InChI is InChI=1S/C20H23F4N3O/c1-4-26(10-15-8-16(21)7-12(2)13(15)3)19(28)11-27-18(20(22,23)24)9-17(25-27)14-5-6-14/h7-9,14H,4-6,10-11H2,1-3H3. The van der Waals surface area contributed by atoms with Crippen molar-refractivity contribution in [3.63, 3.8) is 0 Å². The summed E-state index contributed by atoms with van der Waals surface area (Å²) < 4.78 is 54.5. The molecule has 28 heavy (non-hydrogen) atoms. The van der Waals surface area contributed by atoms with E-state index < -0.39 is 30.1 Å². The van der Waals surface area contributed by atoms with Gasteiger partial charge in [-0.05, 0) is 68.5 Å². The summed E-state index contributed by atoms with van der Waals surface area (Å²) in [6.07, 6.45) is -2.93. The first kappa shape index (κ1) is 20.4. The second kappa shape index (κ2) is 7.56. The van der Waals surface area contributed by atoms with Gasteiger partial charge >= 0.3 is 6.18 Å². The van der Waals surface area contributed by atoms with E-state index in [9.17, 15) is 22.4 Å². The summed E-state index contributed by atoms with van der Waals surface area (Å²) in [6, 6.07) is 3.82. The van der Waals surface area contributed by atoms with E-state index in [1.54, 1.807) is 13.8 Å². The summed E-state index contributed by atoms with van der Waals surface area (Å²) in [7, 11) is 0.